The van der Waals surface area contributed by atoms with Gasteiger partial charge in [-0.25, -0.2) is 0 Å². The Morgan fingerprint density at radius 2 is 2.00 bits per heavy atom. The first-order valence-corrected chi connectivity index (χ1v) is 8.86. The van der Waals surface area contributed by atoms with Gasteiger partial charge in [-0.1, -0.05) is 25.8 Å². The molecule has 2 heteroatoms. The number of carbonyl (C=O) groups is 1. The van der Waals surface area contributed by atoms with E-state index in [1.54, 1.807) is 0 Å². The van der Waals surface area contributed by atoms with E-state index < -0.39 is 0 Å². The molecule has 6 atom stereocenters. The molecule has 2 nitrogen and oxygen atoms in total. The molecule has 0 unspecified atom stereocenters. The number of ketones is 1. The number of rotatable bonds is 0. The summed E-state index contributed by atoms with van der Waals surface area (Å²) in [6.45, 7) is 4.76. The molecule has 0 radical (unpaired) electrons. The van der Waals surface area contributed by atoms with Crippen LogP contribution in [-0.2, 0) is 4.79 Å². The zero-order valence-corrected chi connectivity index (χ0v) is 13.4. The lowest BCUT2D eigenvalue weighted by molar-refractivity contribution is -0.127. The van der Waals surface area contributed by atoms with Crippen LogP contribution in [-0.4, -0.2) is 17.0 Å². The summed E-state index contributed by atoms with van der Waals surface area (Å²) >= 11 is 0. The van der Waals surface area contributed by atoms with E-state index in [0.29, 0.717) is 29.5 Å². The van der Waals surface area contributed by atoms with Crippen molar-refractivity contribution in [2.24, 2.45) is 28.6 Å². The van der Waals surface area contributed by atoms with Gasteiger partial charge in [0.2, 0.25) is 0 Å². The molecular weight excluding hydrogens is 260 g/mol. The maximum absolute atomic E-state index is 11.8. The number of carbonyl (C=O) groups excluding carboxylic acids is 1. The normalized spacial score (nSPS) is 52.7. The van der Waals surface area contributed by atoms with Gasteiger partial charge in [0, 0.05) is 6.42 Å². The van der Waals surface area contributed by atoms with E-state index >= 15 is 0 Å². The highest BCUT2D eigenvalue weighted by Crippen LogP contribution is 2.65. The average molecular weight is 288 g/mol. The van der Waals surface area contributed by atoms with Crippen LogP contribution in [0.15, 0.2) is 11.6 Å². The van der Waals surface area contributed by atoms with Gasteiger partial charge < -0.3 is 5.11 Å². The highest BCUT2D eigenvalue weighted by molar-refractivity contribution is 5.91. The van der Waals surface area contributed by atoms with Gasteiger partial charge in [0.15, 0.2) is 5.78 Å². The minimum absolute atomic E-state index is 0.0835. The van der Waals surface area contributed by atoms with E-state index in [4.69, 9.17) is 0 Å². The largest absolute Gasteiger partial charge is 0.393 e. The molecule has 116 valence electrons. The second-order valence-electron chi connectivity index (χ2n) is 8.71. The zero-order chi connectivity index (χ0) is 14.8. The van der Waals surface area contributed by atoms with Crippen LogP contribution in [0.4, 0.5) is 0 Å². The lowest BCUT2D eigenvalue weighted by Crippen LogP contribution is -2.55. The molecule has 0 aromatic heterocycles. The Balaban J connectivity index is 1.74. The minimum Gasteiger partial charge on any atom is -0.393 e. The van der Waals surface area contributed by atoms with Crippen molar-refractivity contribution in [3.8, 4) is 0 Å². The van der Waals surface area contributed by atoms with Crippen LogP contribution in [0.2, 0.25) is 0 Å². The summed E-state index contributed by atoms with van der Waals surface area (Å²) in [7, 11) is 0. The lowest BCUT2D eigenvalue weighted by atomic mass is 9.46. The van der Waals surface area contributed by atoms with E-state index in [1.165, 1.54) is 31.3 Å². The van der Waals surface area contributed by atoms with Crippen LogP contribution in [0.1, 0.15) is 65.2 Å². The van der Waals surface area contributed by atoms with Crippen LogP contribution >= 0.6 is 0 Å². The molecule has 0 aromatic rings. The van der Waals surface area contributed by atoms with Gasteiger partial charge in [-0.05, 0) is 73.2 Å². The monoisotopic (exact) mass is 288 g/mol. The second-order valence-corrected chi connectivity index (χ2v) is 8.71. The summed E-state index contributed by atoms with van der Waals surface area (Å²) in [4.78, 5) is 11.8. The molecule has 0 saturated heterocycles. The van der Waals surface area contributed by atoms with Crippen molar-refractivity contribution in [1.82, 2.24) is 0 Å². The van der Waals surface area contributed by atoms with Crippen molar-refractivity contribution in [3.05, 3.63) is 11.6 Å². The molecule has 4 aliphatic carbocycles. The van der Waals surface area contributed by atoms with Gasteiger partial charge in [-0.3, -0.25) is 4.79 Å². The maximum atomic E-state index is 11.8. The van der Waals surface area contributed by atoms with E-state index in [1.807, 2.05) is 6.08 Å². The Hall–Kier alpha value is -0.630. The maximum Gasteiger partial charge on any atom is 0.155 e. The molecule has 0 bridgehead atoms. The third kappa shape index (κ3) is 1.84. The molecule has 0 heterocycles. The van der Waals surface area contributed by atoms with Gasteiger partial charge in [-0.2, -0.15) is 0 Å². The molecule has 1 N–H and O–H groups in total. The predicted molar refractivity (Wildman–Crippen MR) is 82.7 cm³/mol. The number of hydrogen-bond donors (Lipinski definition) is 1. The summed E-state index contributed by atoms with van der Waals surface area (Å²) in [5.74, 6) is 2.18. The summed E-state index contributed by atoms with van der Waals surface area (Å²) in [6.07, 6.45) is 10.7. The Kier molecular flexibility index (Phi) is 2.96. The predicted octanol–water partition coefficient (Wildman–Crippen LogP) is 3.88. The van der Waals surface area contributed by atoms with Crippen LogP contribution in [0.25, 0.3) is 0 Å². The second kappa shape index (κ2) is 4.44. The van der Waals surface area contributed by atoms with Crippen LogP contribution in [0.5, 0.6) is 0 Å². The molecule has 3 saturated carbocycles. The summed E-state index contributed by atoms with van der Waals surface area (Å²) in [5.41, 5.74) is 1.81. The van der Waals surface area contributed by atoms with Crippen molar-refractivity contribution in [2.75, 3.05) is 0 Å². The molecule has 21 heavy (non-hydrogen) atoms. The van der Waals surface area contributed by atoms with Crippen molar-refractivity contribution in [3.63, 3.8) is 0 Å². The number of aliphatic hydroxyl groups is 1. The smallest absolute Gasteiger partial charge is 0.155 e. The summed E-state index contributed by atoms with van der Waals surface area (Å²) in [5, 5.41) is 11.0. The van der Waals surface area contributed by atoms with E-state index in [-0.39, 0.29) is 11.5 Å². The third-order valence-corrected chi connectivity index (χ3v) is 7.67. The Morgan fingerprint density at radius 1 is 1.19 bits per heavy atom. The van der Waals surface area contributed by atoms with Crippen LogP contribution in [0, 0.1) is 28.6 Å². The van der Waals surface area contributed by atoms with Gasteiger partial charge >= 0.3 is 0 Å². The highest BCUT2D eigenvalue weighted by atomic mass is 16.3. The number of aliphatic hydroxyl groups excluding tert-OH is 1. The van der Waals surface area contributed by atoms with Gasteiger partial charge in [0.05, 0.1) is 6.10 Å². The van der Waals surface area contributed by atoms with Crippen molar-refractivity contribution in [2.45, 2.75) is 71.3 Å². The van der Waals surface area contributed by atoms with E-state index in [2.05, 4.69) is 13.8 Å². The molecule has 0 spiro atoms. The van der Waals surface area contributed by atoms with Crippen molar-refractivity contribution < 1.29 is 9.90 Å². The third-order valence-electron chi connectivity index (χ3n) is 7.67. The fraction of sp³-hybridized carbons (Fsp3) is 0.842. The number of hydrogen-bond acceptors (Lipinski definition) is 2. The quantitative estimate of drug-likeness (QED) is 0.734. The SMILES string of the molecule is C[C@@]12CCC[C@H]1[C@@H]1CCC3=CC(=O)CC[C@]3(C)[C@H]1[C@@H](O)C2. The highest BCUT2D eigenvalue weighted by Gasteiger charge is 2.59. The van der Waals surface area contributed by atoms with Crippen molar-refractivity contribution >= 4 is 5.78 Å². The van der Waals surface area contributed by atoms with E-state index in [9.17, 15) is 9.90 Å². The standard InChI is InChI=1S/C19H28O2/c1-18-8-3-4-15(18)14-6-5-12-10-13(20)7-9-19(12,2)17(14)16(21)11-18/h10,14-17,21H,3-9,11H2,1-2H3/t14-,15-,16-,17+,18-,19-/m0/s1. The topological polar surface area (TPSA) is 37.3 Å². The molecule has 4 aliphatic rings. The van der Waals surface area contributed by atoms with E-state index in [0.717, 1.165) is 25.2 Å². The number of allylic oxidation sites excluding steroid dienone is 1. The first-order chi connectivity index (χ1) is 9.94. The zero-order valence-electron chi connectivity index (χ0n) is 13.4. The fourth-order valence-corrected chi connectivity index (χ4v) is 6.70. The van der Waals surface area contributed by atoms with Crippen LogP contribution in [0.3, 0.4) is 0 Å². The fourth-order valence-electron chi connectivity index (χ4n) is 6.70. The van der Waals surface area contributed by atoms with Crippen molar-refractivity contribution in [1.29, 1.82) is 0 Å². The molecule has 3 fully saturated rings. The first kappa shape index (κ1) is 14.0. The summed E-state index contributed by atoms with van der Waals surface area (Å²) in [6, 6.07) is 0. The van der Waals surface area contributed by atoms with Gasteiger partial charge in [0.25, 0.3) is 0 Å². The lowest BCUT2D eigenvalue weighted by Gasteiger charge is -2.59. The van der Waals surface area contributed by atoms with Crippen LogP contribution < -0.4 is 0 Å². The van der Waals surface area contributed by atoms with Gasteiger partial charge in [-0.15, -0.1) is 0 Å². The molecule has 0 amide bonds. The molecule has 4 rings (SSSR count). The average Bonchev–Trinajstić information content (AvgIpc) is 2.80. The Morgan fingerprint density at radius 3 is 2.81 bits per heavy atom. The molecule has 0 aromatic carbocycles. The Bertz CT molecular complexity index is 508. The van der Waals surface area contributed by atoms with Gasteiger partial charge in [0.1, 0.15) is 0 Å². The Labute approximate surface area is 128 Å². The number of fused-ring (bicyclic) bond motifs is 5. The minimum atomic E-state index is -0.170. The summed E-state index contributed by atoms with van der Waals surface area (Å²) < 4.78 is 0. The molecular formula is C19H28O2. The molecule has 0 aliphatic heterocycles. The first-order valence-electron chi connectivity index (χ1n) is 8.86.